The normalized spacial score (nSPS) is 26.4. The summed E-state index contributed by atoms with van der Waals surface area (Å²) in [6, 6.07) is 0. The number of aromatic amines is 1. The standard InChI is InChI=1S/C21H28N10O11P2/c1-9(11-2-3-13(40-11)30-7-26-14-16(22)24-6-25-17(14)30)41-44(36,37)42-12-4-10(5-38-43(33,34)35)39-20(12)31-8-27-15-18(31)28-21(23)29-19(15)32/h6-13,20H,2-5H2,1H3,(H,36,37)(H2,22,24,25)(H2,33,34,35)(H3,23,28,29,32)/t9-,10-,11+,12?,13+,20+/m0/s1. The van der Waals surface area contributed by atoms with Crippen LogP contribution in [0.3, 0.4) is 0 Å². The number of nitrogens with two attached hydrogens (primary N) is 2. The number of ether oxygens (including phenoxy) is 2. The van der Waals surface area contributed by atoms with Crippen LogP contribution in [0.4, 0.5) is 11.8 Å². The van der Waals surface area contributed by atoms with Gasteiger partial charge in [-0.15, -0.1) is 0 Å². The number of rotatable bonds is 10. The van der Waals surface area contributed by atoms with Gasteiger partial charge in [-0.1, -0.05) is 0 Å². The average Bonchev–Trinajstić information content (AvgIpc) is 3.72. The van der Waals surface area contributed by atoms with Crippen LogP contribution >= 0.6 is 15.6 Å². The summed E-state index contributed by atoms with van der Waals surface area (Å²) in [5.74, 6) is -0.00148. The lowest BCUT2D eigenvalue weighted by Crippen LogP contribution is -2.27. The van der Waals surface area contributed by atoms with E-state index < -0.39 is 64.7 Å². The molecular weight excluding hydrogens is 630 g/mol. The molecule has 4 aromatic heterocycles. The second kappa shape index (κ2) is 11.5. The number of hydrogen-bond donors (Lipinski definition) is 6. The van der Waals surface area contributed by atoms with Crippen molar-refractivity contribution in [2.75, 3.05) is 18.1 Å². The van der Waals surface area contributed by atoms with Gasteiger partial charge >= 0.3 is 15.6 Å². The molecule has 0 aliphatic carbocycles. The molecule has 2 fully saturated rings. The van der Waals surface area contributed by atoms with Gasteiger partial charge in [0, 0.05) is 6.42 Å². The van der Waals surface area contributed by atoms with E-state index in [1.807, 2.05) is 0 Å². The number of aromatic nitrogens is 8. The van der Waals surface area contributed by atoms with Gasteiger partial charge in [0.05, 0.1) is 37.6 Å². The number of anilines is 2. The molecule has 44 heavy (non-hydrogen) atoms. The van der Waals surface area contributed by atoms with Crippen LogP contribution < -0.4 is 17.0 Å². The molecule has 6 rings (SSSR count). The van der Waals surface area contributed by atoms with Gasteiger partial charge in [0.1, 0.15) is 24.2 Å². The van der Waals surface area contributed by atoms with Crippen molar-refractivity contribution in [2.24, 2.45) is 0 Å². The highest BCUT2D eigenvalue weighted by Gasteiger charge is 2.45. The van der Waals surface area contributed by atoms with E-state index in [9.17, 15) is 18.8 Å². The molecule has 0 spiro atoms. The van der Waals surface area contributed by atoms with Crippen LogP contribution in [-0.2, 0) is 32.2 Å². The van der Waals surface area contributed by atoms with Gasteiger partial charge < -0.3 is 35.6 Å². The van der Waals surface area contributed by atoms with E-state index >= 15 is 0 Å². The largest absolute Gasteiger partial charge is 0.472 e. The number of phosphoric acid groups is 2. The Morgan fingerprint density at radius 3 is 2.59 bits per heavy atom. The number of phosphoric ester groups is 2. The Balaban J connectivity index is 1.17. The molecule has 0 amide bonds. The minimum absolute atomic E-state index is 0.0204. The number of nitrogen functional groups attached to an aromatic ring is 2. The van der Waals surface area contributed by atoms with Crippen LogP contribution in [0.25, 0.3) is 22.3 Å². The van der Waals surface area contributed by atoms with Crippen molar-refractivity contribution >= 4 is 49.7 Å². The highest BCUT2D eigenvalue weighted by atomic mass is 31.2. The van der Waals surface area contributed by atoms with Crippen LogP contribution in [0.2, 0.25) is 0 Å². The van der Waals surface area contributed by atoms with Crippen molar-refractivity contribution in [1.82, 2.24) is 39.0 Å². The molecule has 21 nitrogen and oxygen atoms in total. The minimum atomic E-state index is -4.86. The molecule has 8 N–H and O–H groups in total. The number of fused-ring (bicyclic) bond motifs is 2. The first-order valence-corrected chi connectivity index (χ1v) is 16.2. The fraction of sp³-hybridized carbons (Fsp3) is 0.524. The van der Waals surface area contributed by atoms with Crippen molar-refractivity contribution < 1.29 is 46.9 Å². The molecule has 0 bridgehead atoms. The van der Waals surface area contributed by atoms with Crippen LogP contribution in [0, 0.1) is 0 Å². The Kier molecular flexibility index (Phi) is 8.03. The van der Waals surface area contributed by atoms with Crippen molar-refractivity contribution in [1.29, 1.82) is 0 Å². The van der Waals surface area contributed by atoms with Gasteiger partial charge in [-0.3, -0.25) is 32.5 Å². The zero-order valence-electron chi connectivity index (χ0n) is 22.8. The maximum Gasteiger partial charge on any atom is 0.472 e. The van der Waals surface area contributed by atoms with Gasteiger partial charge in [0.2, 0.25) is 5.95 Å². The zero-order chi connectivity index (χ0) is 31.4. The first kappa shape index (κ1) is 30.7. The summed E-state index contributed by atoms with van der Waals surface area (Å²) in [6.45, 7) is 0.973. The van der Waals surface area contributed by atoms with Crippen LogP contribution in [0.1, 0.15) is 38.6 Å². The van der Waals surface area contributed by atoms with Crippen molar-refractivity contribution in [2.45, 2.75) is 63.1 Å². The zero-order valence-corrected chi connectivity index (χ0v) is 24.6. The smallest absolute Gasteiger partial charge is 0.382 e. The number of nitrogens with zero attached hydrogens (tertiary/aromatic N) is 7. The Hall–Kier alpha value is -3.36. The molecule has 23 heteroatoms. The summed E-state index contributed by atoms with van der Waals surface area (Å²) in [5.41, 5.74) is 11.7. The van der Waals surface area contributed by atoms with Gasteiger partial charge in [-0.2, -0.15) is 4.98 Å². The molecule has 2 unspecified atom stereocenters. The predicted octanol–water partition coefficient (Wildman–Crippen LogP) is 0.0890. The molecule has 2 aliphatic heterocycles. The van der Waals surface area contributed by atoms with E-state index in [2.05, 4.69) is 34.4 Å². The highest BCUT2D eigenvalue weighted by Crippen LogP contribution is 2.51. The third-order valence-electron chi connectivity index (χ3n) is 7.12. The second-order valence-electron chi connectivity index (χ2n) is 10.2. The van der Waals surface area contributed by atoms with E-state index in [4.69, 9.17) is 39.8 Å². The van der Waals surface area contributed by atoms with Crippen molar-refractivity contribution in [3.8, 4) is 0 Å². The molecule has 4 aromatic rings. The fourth-order valence-electron chi connectivity index (χ4n) is 5.22. The third-order valence-corrected chi connectivity index (χ3v) is 8.74. The number of nitrogens with one attached hydrogen (secondary N) is 1. The quantitative estimate of drug-likeness (QED) is 0.123. The van der Waals surface area contributed by atoms with Crippen LogP contribution in [0.5, 0.6) is 0 Å². The number of imidazole rings is 2. The van der Waals surface area contributed by atoms with E-state index in [0.29, 0.717) is 24.0 Å². The second-order valence-corrected chi connectivity index (χ2v) is 12.8. The maximum absolute atomic E-state index is 13.3. The Morgan fingerprint density at radius 2 is 1.82 bits per heavy atom. The average molecular weight is 658 g/mol. The van der Waals surface area contributed by atoms with E-state index in [-0.39, 0.29) is 29.4 Å². The van der Waals surface area contributed by atoms with E-state index in [1.54, 1.807) is 11.5 Å². The van der Waals surface area contributed by atoms with Gasteiger partial charge in [-0.05, 0) is 19.8 Å². The summed E-state index contributed by atoms with van der Waals surface area (Å²) in [4.78, 5) is 64.0. The van der Waals surface area contributed by atoms with E-state index in [0.717, 1.165) is 0 Å². The van der Waals surface area contributed by atoms with Crippen LogP contribution in [-0.4, -0.2) is 84.7 Å². The topological polar surface area (TPSA) is 300 Å². The first-order valence-electron chi connectivity index (χ1n) is 13.1. The SMILES string of the molecule is C[C@H](OP(=O)(O)OC1C[C@@H](COP(=O)(O)O)O[C@H]1n1cnc2c(=O)[nH]c(N)nc21)[C@H]1CC[C@H](n2cnc3c(N)ncnc32)O1. The molecule has 238 valence electrons. The Bertz CT molecular complexity index is 1840. The summed E-state index contributed by atoms with van der Waals surface area (Å²) < 4.78 is 54.9. The molecule has 0 aromatic carbocycles. The lowest BCUT2D eigenvalue weighted by atomic mass is 10.1. The monoisotopic (exact) mass is 658 g/mol. The summed E-state index contributed by atoms with van der Waals surface area (Å²) in [7, 11) is -9.69. The van der Waals surface area contributed by atoms with Crippen molar-refractivity contribution in [3.63, 3.8) is 0 Å². The summed E-state index contributed by atoms with van der Waals surface area (Å²) in [5, 5.41) is 0. The van der Waals surface area contributed by atoms with Gasteiger partial charge in [-0.25, -0.2) is 29.1 Å². The number of H-pyrrole nitrogens is 1. The Morgan fingerprint density at radius 1 is 1.07 bits per heavy atom. The molecule has 6 heterocycles. The minimum Gasteiger partial charge on any atom is -0.382 e. The predicted molar refractivity (Wildman–Crippen MR) is 147 cm³/mol. The third kappa shape index (κ3) is 6.24. The van der Waals surface area contributed by atoms with Crippen molar-refractivity contribution in [3.05, 3.63) is 29.3 Å². The molecule has 0 radical (unpaired) electrons. The lowest BCUT2D eigenvalue weighted by Gasteiger charge is -2.26. The molecule has 2 aliphatic rings. The molecule has 0 saturated carbocycles. The first-order chi connectivity index (χ1) is 20.8. The lowest BCUT2D eigenvalue weighted by molar-refractivity contribution is -0.0662. The number of hydrogen-bond acceptors (Lipinski definition) is 15. The summed E-state index contributed by atoms with van der Waals surface area (Å²) in [6.07, 6.45) is -0.675. The van der Waals surface area contributed by atoms with E-state index in [1.165, 1.54) is 23.5 Å². The maximum atomic E-state index is 13.3. The highest BCUT2D eigenvalue weighted by molar-refractivity contribution is 7.47. The molecular formula is C21H28N10O11P2. The Labute approximate surface area is 246 Å². The van der Waals surface area contributed by atoms with Crippen LogP contribution in [0.15, 0.2) is 23.8 Å². The van der Waals surface area contributed by atoms with Gasteiger partial charge in [0.25, 0.3) is 5.56 Å². The molecule has 7 atom stereocenters. The molecule has 2 saturated heterocycles. The summed E-state index contributed by atoms with van der Waals surface area (Å²) >= 11 is 0. The van der Waals surface area contributed by atoms with Gasteiger partial charge in [0.15, 0.2) is 28.9 Å². The fourth-order valence-corrected chi connectivity index (χ4v) is 6.72.